The standard InChI is InChI=1S/C9H17NO4/c1-5(13)7-2-6(3-11)9(10-7)8(14)4-12/h6-12,14H,2-4H2,1H3/t6-,7+,8?,9+/m0/s1. The SMILES string of the molecule is CC(=O)[C@H]1C[C@@H](CO)[C@H](C(O)CO)N1. The third-order valence-electron chi connectivity index (χ3n) is 2.77. The predicted molar refractivity (Wildman–Crippen MR) is 49.7 cm³/mol. The number of ketones is 1. The number of rotatable bonds is 4. The Morgan fingerprint density at radius 2 is 2.21 bits per heavy atom. The molecule has 1 heterocycles. The van der Waals surface area contributed by atoms with E-state index in [0.717, 1.165) is 0 Å². The highest BCUT2D eigenvalue weighted by Gasteiger charge is 2.38. The molecule has 82 valence electrons. The van der Waals surface area contributed by atoms with Crippen LogP contribution in [0.2, 0.25) is 0 Å². The van der Waals surface area contributed by atoms with E-state index in [0.29, 0.717) is 6.42 Å². The number of carbonyl (C=O) groups excluding carboxylic acids is 1. The summed E-state index contributed by atoms with van der Waals surface area (Å²) in [5, 5.41) is 30.2. The van der Waals surface area contributed by atoms with Gasteiger partial charge in [0, 0.05) is 18.6 Å². The maximum Gasteiger partial charge on any atom is 0.146 e. The summed E-state index contributed by atoms with van der Waals surface area (Å²) >= 11 is 0. The van der Waals surface area contributed by atoms with Crippen LogP contribution in [-0.2, 0) is 4.79 Å². The van der Waals surface area contributed by atoms with Crippen molar-refractivity contribution in [1.82, 2.24) is 5.32 Å². The van der Waals surface area contributed by atoms with E-state index in [2.05, 4.69) is 5.32 Å². The molecule has 0 saturated carbocycles. The van der Waals surface area contributed by atoms with Gasteiger partial charge in [0.1, 0.15) is 5.78 Å². The Labute approximate surface area is 82.7 Å². The van der Waals surface area contributed by atoms with Crippen molar-refractivity contribution in [1.29, 1.82) is 0 Å². The molecule has 1 aliphatic rings. The summed E-state index contributed by atoms with van der Waals surface area (Å²) in [6, 6.07) is -0.697. The first kappa shape index (κ1) is 11.6. The van der Waals surface area contributed by atoms with Gasteiger partial charge in [-0.1, -0.05) is 0 Å². The first-order chi connectivity index (χ1) is 6.60. The molecule has 1 rings (SSSR count). The Morgan fingerprint density at radius 3 is 2.64 bits per heavy atom. The monoisotopic (exact) mass is 203 g/mol. The lowest BCUT2D eigenvalue weighted by Gasteiger charge is -2.21. The quantitative estimate of drug-likeness (QED) is 0.436. The van der Waals surface area contributed by atoms with Crippen LogP contribution in [0.3, 0.4) is 0 Å². The fourth-order valence-electron chi connectivity index (χ4n) is 1.90. The van der Waals surface area contributed by atoms with Crippen molar-refractivity contribution in [3.8, 4) is 0 Å². The Hall–Kier alpha value is -0.490. The molecule has 5 nitrogen and oxygen atoms in total. The van der Waals surface area contributed by atoms with Gasteiger partial charge in [0.05, 0.1) is 18.8 Å². The van der Waals surface area contributed by atoms with Crippen LogP contribution in [0.15, 0.2) is 0 Å². The Morgan fingerprint density at radius 1 is 1.57 bits per heavy atom. The Kier molecular flexibility index (Phi) is 4.00. The van der Waals surface area contributed by atoms with E-state index in [1.807, 2.05) is 0 Å². The second-order valence-electron chi connectivity index (χ2n) is 3.78. The third-order valence-corrected chi connectivity index (χ3v) is 2.77. The molecule has 0 aromatic heterocycles. The minimum Gasteiger partial charge on any atom is -0.396 e. The van der Waals surface area contributed by atoms with Crippen molar-refractivity contribution in [2.24, 2.45) is 5.92 Å². The number of carbonyl (C=O) groups is 1. The summed E-state index contributed by atoms with van der Waals surface area (Å²) in [5.74, 6) is -0.165. The van der Waals surface area contributed by atoms with Crippen molar-refractivity contribution in [3.05, 3.63) is 0 Å². The van der Waals surface area contributed by atoms with Gasteiger partial charge in [0.15, 0.2) is 0 Å². The lowest BCUT2D eigenvalue weighted by Crippen LogP contribution is -2.45. The number of aliphatic hydroxyl groups excluding tert-OH is 3. The second-order valence-corrected chi connectivity index (χ2v) is 3.78. The molecule has 0 aliphatic carbocycles. The number of nitrogens with one attached hydrogen (secondary N) is 1. The maximum absolute atomic E-state index is 11.1. The molecule has 1 unspecified atom stereocenters. The van der Waals surface area contributed by atoms with Crippen molar-refractivity contribution < 1.29 is 20.1 Å². The molecule has 0 spiro atoms. The molecule has 0 radical (unpaired) electrons. The van der Waals surface area contributed by atoms with Crippen LogP contribution >= 0.6 is 0 Å². The first-order valence-corrected chi connectivity index (χ1v) is 4.76. The first-order valence-electron chi connectivity index (χ1n) is 4.76. The molecule has 0 aromatic carbocycles. The van der Waals surface area contributed by atoms with Crippen LogP contribution in [0, 0.1) is 5.92 Å². The average molecular weight is 203 g/mol. The highest BCUT2D eigenvalue weighted by atomic mass is 16.3. The van der Waals surface area contributed by atoms with E-state index in [1.165, 1.54) is 6.92 Å². The maximum atomic E-state index is 11.1. The van der Waals surface area contributed by atoms with Crippen LogP contribution in [0.25, 0.3) is 0 Å². The summed E-state index contributed by atoms with van der Waals surface area (Å²) in [5.41, 5.74) is 0. The van der Waals surface area contributed by atoms with Gasteiger partial charge in [0.2, 0.25) is 0 Å². The summed E-state index contributed by atoms with van der Waals surface area (Å²) in [6.45, 7) is 1.02. The van der Waals surface area contributed by atoms with Gasteiger partial charge in [-0.25, -0.2) is 0 Å². The predicted octanol–water partition coefficient (Wildman–Crippen LogP) is -1.73. The van der Waals surface area contributed by atoms with E-state index in [1.54, 1.807) is 0 Å². The fraction of sp³-hybridized carbons (Fsp3) is 0.889. The zero-order valence-electron chi connectivity index (χ0n) is 8.18. The van der Waals surface area contributed by atoms with Gasteiger partial charge in [-0.3, -0.25) is 4.79 Å². The lowest BCUT2D eigenvalue weighted by atomic mass is 9.96. The zero-order chi connectivity index (χ0) is 10.7. The van der Waals surface area contributed by atoms with Crippen molar-refractivity contribution >= 4 is 5.78 Å². The fourth-order valence-corrected chi connectivity index (χ4v) is 1.90. The van der Waals surface area contributed by atoms with Crippen molar-refractivity contribution in [3.63, 3.8) is 0 Å². The van der Waals surface area contributed by atoms with Crippen LogP contribution in [0.5, 0.6) is 0 Å². The summed E-state index contributed by atoms with van der Waals surface area (Å²) in [6.07, 6.45) is -0.399. The highest BCUT2D eigenvalue weighted by molar-refractivity contribution is 5.81. The number of hydrogen-bond donors (Lipinski definition) is 4. The molecular formula is C9H17NO4. The summed E-state index contributed by atoms with van der Waals surface area (Å²) < 4.78 is 0. The molecule has 0 amide bonds. The van der Waals surface area contributed by atoms with Gasteiger partial charge in [-0.2, -0.15) is 0 Å². The van der Waals surface area contributed by atoms with Crippen LogP contribution in [0.4, 0.5) is 0 Å². The molecule has 0 bridgehead atoms. The van der Waals surface area contributed by atoms with E-state index >= 15 is 0 Å². The zero-order valence-corrected chi connectivity index (χ0v) is 8.18. The van der Waals surface area contributed by atoms with E-state index < -0.39 is 6.10 Å². The summed E-state index contributed by atoms with van der Waals surface area (Å²) in [7, 11) is 0. The highest BCUT2D eigenvalue weighted by Crippen LogP contribution is 2.22. The molecule has 1 aliphatic heterocycles. The van der Waals surface area contributed by atoms with Gasteiger partial charge in [-0.15, -0.1) is 0 Å². The normalized spacial score (nSPS) is 34.4. The minimum absolute atomic E-state index is 0.00362. The topological polar surface area (TPSA) is 89.8 Å². The molecule has 0 aromatic rings. The van der Waals surface area contributed by atoms with Crippen molar-refractivity contribution in [2.45, 2.75) is 31.5 Å². The minimum atomic E-state index is -0.920. The van der Waals surface area contributed by atoms with Gasteiger partial charge >= 0.3 is 0 Å². The van der Waals surface area contributed by atoms with Gasteiger partial charge in [0.25, 0.3) is 0 Å². The molecular weight excluding hydrogens is 186 g/mol. The van der Waals surface area contributed by atoms with Gasteiger partial charge < -0.3 is 20.6 Å². The van der Waals surface area contributed by atoms with Crippen LogP contribution < -0.4 is 5.32 Å². The van der Waals surface area contributed by atoms with Crippen LogP contribution in [-0.4, -0.2) is 52.5 Å². The van der Waals surface area contributed by atoms with E-state index in [4.69, 9.17) is 10.2 Å². The van der Waals surface area contributed by atoms with Crippen LogP contribution in [0.1, 0.15) is 13.3 Å². The lowest BCUT2D eigenvalue weighted by molar-refractivity contribution is -0.118. The van der Waals surface area contributed by atoms with E-state index in [-0.39, 0.29) is 37.0 Å². The summed E-state index contributed by atoms with van der Waals surface area (Å²) in [4.78, 5) is 11.1. The Bertz CT molecular complexity index is 209. The Balaban J connectivity index is 2.62. The van der Waals surface area contributed by atoms with E-state index in [9.17, 15) is 9.90 Å². The molecule has 5 heteroatoms. The molecule has 14 heavy (non-hydrogen) atoms. The smallest absolute Gasteiger partial charge is 0.146 e. The van der Waals surface area contributed by atoms with Gasteiger partial charge in [-0.05, 0) is 13.3 Å². The molecule has 1 fully saturated rings. The average Bonchev–Trinajstić information content (AvgIpc) is 2.60. The largest absolute Gasteiger partial charge is 0.396 e. The molecule has 4 N–H and O–H groups in total. The molecule has 1 saturated heterocycles. The number of aliphatic hydroxyl groups is 3. The molecule has 4 atom stereocenters. The number of hydrogen-bond acceptors (Lipinski definition) is 5. The van der Waals surface area contributed by atoms with Crippen molar-refractivity contribution in [2.75, 3.05) is 13.2 Å². The second kappa shape index (κ2) is 4.84. The third kappa shape index (κ3) is 2.30. The number of Topliss-reactive ketones (excluding diaryl/α,β-unsaturated/α-hetero) is 1.